The van der Waals surface area contributed by atoms with Crippen LogP contribution < -0.4 is 11.5 Å². The minimum atomic E-state index is -1.70. The van der Waals surface area contributed by atoms with E-state index in [9.17, 15) is 5.11 Å². The molecule has 0 amide bonds. The summed E-state index contributed by atoms with van der Waals surface area (Å²) in [6, 6.07) is 0. The molecular formula is C8H20N2O3. The van der Waals surface area contributed by atoms with Crippen LogP contribution in [-0.4, -0.2) is 23.5 Å². The van der Waals surface area contributed by atoms with Gasteiger partial charge in [-0.2, -0.15) is 0 Å². The first-order valence-corrected chi connectivity index (χ1v) is 4.50. The van der Waals surface area contributed by atoms with Gasteiger partial charge in [-0.05, 0) is 12.8 Å². The predicted molar refractivity (Wildman–Crippen MR) is 49.3 cm³/mol. The average Bonchev–Trinajstić information content (AvgIpc) is 2.02. The van der Waals surface area contributed by atoms with Gasteiger partial charge in [0.1, 0.15) is 12.5 Å². The lowest BCUT2D eigenvalue weighted by atomic mass is 10.4. The lowest BCUT2D eigenvalue weighted by molar-refractivity contribution is -0.377. The second-order valence-corrected chi connectivity index (χ2v) is 3.03. The van der Waals surface area contributed by atoms with Gasteiger partial charge in [0.15, 0.2) is 0 Å². The third-order valence-electron chi connectivity index (χ3n) is 1.54. The van der Waals surface area contributed by atoms with Crippen LogP contribution in [0.15, 0.2) is 0 Å². The lowest BCUT2D eigenvalue weighted by Gasteiger charge is -2.29. The molecule has 2 unspecified atom stereocenters. The van der Waals surface area contributed by atoms with Crippen LogP contribution in [0.1, 0.15) is 33.6 Å². The Morgan fingerprint density at radius 3 is 1.69 bits per heavy atom. The molecule has 2 atom stereocenters. The highest BCUT2D eigenvalue weighted by Crippen LogP contribution is 2.12. The average molecular weight is 192 g/mol. The summed E-state index contributed by atoms with van der Waals surface area (Å²) in [6.07, 6.45) is 0.111. The molecule has 0 fully saturated rings. The van der Waals surface area contributed by atoms with Crippen molar-refractivity contribution in [3.8, 4) is 0 Å². The van der Waals surface area contributed by atoms with E-state index in [1.165, 1.54) is 6.92 Å². The highest BCUT2D eigenvalue weighted by molar-refractivity contribution is 4.52. The first-order chi connectivity index (χ1) is 5.91. The molecule has 0 heterocycles. The van der Waals surface area contributed by atoms with Crippen molar-refractivity contribution in [2.45, 2.75) is 52.0 Å². The minimum absolute atomic E-state index is 0.543. The van der Waals surface area contributed by atoms with Gasteiger partial charge in [0.2, 0.25) is 0 Å². The van der Waals surface area contributed by atoms with Crippen molar-refractivity contribution in [3.63, 3.8) is 0 Å². The van der Waals surface area contributed by atoms with Gasteiger partial charge in [0.05, 0.1) is 0 Å². The molecule has 5 nitrogen and oxygen atoms in total. The number of hydrogen-bond acceptors (Lipinski definition) is 5. The molecule has 0 rings (SSSR count). The van der Waals surface area contributed by atoms with Gasteiger partial charge in [-0.1, -0.05) is 13.8 Å². The van der Waals surface area contributed by atoms with E-state index in [-0.39, 0.29) is 0 Å². The number of nitrogens with two attached hydrogens (primary N) is 2. The van der Waals surface area contributed by atoms with E-state index in [1.54, 1.807) is 0 Å². The van der Waals surface area contributed by atoms with Crippen molar-refractivity contribution < 1.29 is 14.6 Å². The van der Waals surface area contributed by atoms with Crippen molar-refractivity contribution in [2.75, 3.05) is 0 Å². The highest BCUT2D eigenvalue weighted by atomic mass is 16.8. The Morgan fingerprint density at radius 2 is 1.46 bits per heavy atom. The summed E-state index contributed by atoms with van der Waals surface area (Å²) < 4.78 is 9.98. The van der Waals surface area contributed by atoms with Crippen LogP contribution in [0.3, 0.4) is 0 Å². The zero-order valence-corrected chi connectivity index (χ0v) is 8.49. The van der Waals surface area contributed by atoms with E-state index in [1.807, 2.05) is 13.8 Å². The molecule has 80 valence electrons. The standard InChI is InChI=1S/C8H20N2O3/c1-4-6(9)12-8(3,11)13-7(10)5-2/h6-7,11H,4-5,9-10H2,1-3H3. The SMILES string of the molecule is CCC(N)OC(C)(O)OC(N)CC. The fourth-order valence-electron chi connectivity index (χ4n) is 0.756. The Hall–Kier alpha value is -0.200. The second-order valence-electron chi connectivity index (χ2n) is 3.03. The molecule has 0 radical (unpaired) electrons. The molecule has 5 heteroatoms. The Morgan fingerprint density at radius 1 is 1.15 bits per heavy atom. The maximum atomic E-state index is 9.51. The molecule has 0 aliphatic rings. The van der Waals surface area contributed by atoms with Crippen LogP contribution >= 0.6 is 0 Å². The molecule has 0 bridgehead atoms. The number of aliphatic hydroxyl groups is 1. The van der Waals surface area contributed by atoms with Crippen molar-refractivity contribution in [1.29, 1.82) is 0 Å². The summed E-state index contributed by atoms with van der Waals surface area (Å²) in [7, 11) is 0. The highest BCUT2D eigenvalue weighted by Gasteiger charge is 2.26. The van der Waals surface area contributed by atoms with Crippen LogP contribution in [0, 0.1) is 0 Å². The van der Waals surface area contributed by atoms with Gasteiger partial charge in [-0.15, -0.1) is 0 Å². The smallest absolute Gasteiger partial charge is 0.280 e. The minimum Gasteiger partial charge on any atom is -0.343 e. The topological polar surface area (TPSA) is 90.7 Å². The summed E-state index contributed by atoms with van der Waals surface area (Å²) in [5, 5.41) is 9.51. The summed E-state index contributed by atoms with van der Waals surface area (Å²) >= 11 is 0. The van der Waals surface area contributed by atoms with Crippen LogP contribution in [-0.2, 0) is 9.47 Å². The summed E-state index contributed by atoms with van der Waals surface area (Å²) in [5.41, 5.74) is 10.9. The van der Waals surface area contributed by atoms with Crippen LogP contribution in [0.25, 0.3) is 0 Å². The molecule has 0 aromatic rings. The fourth-order valence-corrected chi connectivity index (χ4v) is 0.756. The molecule has 0 aromatic carbocycles. The summed E-state index contributed by atoms with van der Waals surface area (Å²) in [5.74, 6) is -1.70. The van der Waals surface area contributed by atoms with E-state index in [0.717, 1.165) is 0 Å². The van der Waals surface area contributed by atoms with E-state index >= 15 is 0 Å². The van der Waals surface area contributed by atoms with E-state index < -0.39 is 18.4 Å². The predicted octanol–water partition coefficient (Wildman–Crippen LogP) is 0.0752. The number of ether oxygens (including phenoxy) is 2. The monoisotopic (exact) mass is 192 g/mol. The van der Waals surface area contributed by atoms with Gasteiger partial charge in [-0.25, -0.2) is 0 Å². The summed E-state index contributed by atoms with van der Waals surface area (Å²) in [4.78, 5) is 0. The molecule has 0 spiro atoms. The third-order valence-corrected chi connectivity index (χ3v) is 1.54. The number of rotatable bonds is 6. The number of hydrogen-bond donors (Lipinski definition) is 3. The molecule has 0 aliphatic carbocycles. The molecule has 5 N–H and O–H groups in total. The normalized spacial score (nSPS) is 20.8. The Labute approximate surface area is 79.0 Å². The van der Waals surface area contributed by atoms with Crippen molar-refractivity contribution in [3.05, 3.63) is 0 Å². The van der Waals surface area contributed by atoms with Crippen molar-refractivity contribution in [2.24, 2.45) is 11.5 Å². The lowest BCUT2D eigenvalue weighted by Crippen LogP contribution is -2.44. The van der Waals surface area contributed by atoms with Gasteiger partial charge < -0.3 is 26.0 Å². The van der Waals surface area contributed by atoms with Gasteiger partial charge in [0, 0.05) is 6.92 Å². The van der Waals surface area contributed by atoms with Gasteiger partial charge in [0.25, 0.3) is 5.97 Å². The zero-order valence-electron chi connectivity index (χ0n) is 8.49. The van der Waals surface area contributed by atoms with Gasteiger partial charge in [-0.3, -0.25) is 0 Å². The maximum Gasteiger partial charge on any atom is 0.280 e. The molecule has 13 heavy (non-hydrogen) atoms. The van der Waals surface area contributed by atoms with Crippen LogP contribution in [0.5, 0.6) is 0 Å². The summed E-state index contributed by atoms with van der Waals surface area (Å²) in [6.45, 7) is 5.07. The Bertz CT molecular complexity index is 127. The van der Waals surface area contributed by atoms with Crippen molar-refractivity contribution >= 4 is 0 Å². The quantitative estimate of drug-likeness (QED) is 0.518. The fraction of sp³-hybridized carbons (Fsp3) is 1.00. The maximum absolute atomic E-state index is 9.51. The molecule has 0 saturated carbocycles. The van der Waals surface area contributed by atoms with Gasteiger partial charge >= 0.3 is 0 Å². The van der Waals surface area contributed by atoms with E-state index in [0.29, 0.717) is 12.8 Å². The largest absolute Gasteiger partial charge is 0.343 e. The van der Waals surface area contributed by atoms with E-state index in [4.69, 9.17) is 20.9 Å². The van der Waals surface area contributed by atoms with Crippen molar-refractivity contribution in [1.82, 2.24) is 0 Å². The Balaban J connectivity index is 3.92. The first kappa shape index (κ1) is 12.8. The molecule has 0 aromatic heterocycles. The molecule has 0 saturated heterocycles. The second kappa shape index (κ2) is 5.51. The zero-order chi connectivity index (χ0) is 10.5. The third kappa shape index (κ3) is 5.95. The first-order valence-electron chi connectivity index (χ1n) is 4.50. The van der Waals surface area contributed by atoms with E-state index in [2.05, 4.69) is 0 Å². The Kier molecular flexibility index (Phi) is 5.43. The van der Waals surface area contributed by atoms with Crippen LogP contribution in [0.2, 0.25) is 0 Å². The molecular weight excluding hydrogens is 172 g/mol. The van der Waals surface area contributed by atoms with Crippen LogP contribution in [0.4, 0.5) is 0 Å². The molecule has 0 aliphatic heterocycles.